The Labute approximate surface area is 172 Å². The van der Waals surface area contributed by atoms with Gasteiger partial charge in [-0.25, -0.2) is 14.7 Å². The summed E-state index contributed by atoms with van der Waals surface area (Å²) in [7, 11) is 0. The maximum Gasteiger partial charge on any atom is 0.191 e. The molecule has 150 valence electrons. The summed E-state index contributed by atoms with van der Waals surface area (Å²) in [5.74, 6) is 0.870. The third kappa shape index (κ3) is 4.47. The molecule has 0 saturated heterocycles. The summed E-state index contributed by atoms with van der Waals surface area (Å²) in [6, 6.07) is 19.1. The lowest BCUT2D eigenvalue weighted by atomic mass is 9.64. The van der Waals surface area contributed by atoms with Crippen LogP contribution in [-0.2, 0) is 12.0 Å². The molecule has 6 nitrogen and oxygen atoms in total. The topological polar surface area (TPSA) is 67.1 Å². The molecule has 2 aromatic carbocycles. The summed E-state index contributed by atoms with van der Waals surface area (Å²) in [5, 5.41) is 11.1. The molecule has 1 fully saturated rings. The Bertz CT molecular complexity index is 912. The van der Waals surface area contributed by atoms with Crippen LogP contribution in [0.2, 0.25) is 0 Å². The van der Waals surface area contributed by atoms with Gasteiger partial charge in [0.25, 0.3) is 0 Å². The van der Waals surface area contributed by atoms with Crippen LogP contribution in [-0.4, -0.2) is 33.8 Å². The molecule has 1 aliphatic carbocycles. The minimum atomic E-state index is 0.233. The zero-order chi connectivity index (χ0) is 19.9. The highest BCUT2D eigenvalue weighted by Crippen LogP contribution is 2.43. The zero-order valence-electron chi connectivity index (χ0n) is 16.9. The normalized spacial score (nSPS) is 15.6. The summed E-state index contributed by atoms with van der Waals surface area (Å²) in [4.78, 5) is 8.78. The molecule has 0 spiro atoms. The second-order valence-electron chi connectivity index (χ2n) is 7.56. The van der Waals surface area contributed by atoms with Crippen molar-refractivity contribution in [1.82, 2.24) is 25.4 Å². The first-order chi connectivity index (χ1) is 14.3. The van der Waals surface area contributed by atoms with Crippen LogP contribution in [0.25, 0.3) is 5.69 Å². The van der Waals surface area contributed by atoms with E-state index in [1.54, 1.807) is 11.0 Å². The molecule has 4 rings (SSSR count). The largest absolute Gasteiger partial charge is 0.357 e. The van der Waals surface area contributed by atoms with Gasteiger partial charge in [-0.05, 0) is 43.0 Å². The van der Waals surface area contributed by atoms with Gasteiger partial charge in [0.1, 0.15) is 12.7 Å². The van der Waals surface area contributed by atoms with Crippen molar-refractivity contribution in [2.45, 2.75) is 38.1 Å². The predicted molar refractivity (Wildman–Crippen MR) is 116 cm³/mol. The number of rotatable bonds is 7. The van der Waals surface area contributed by atoms with E-state index in [-0.39, 0.29) is 5.41 Å². The average molecular weight is 389 g/mol. The van der Waals surface area contributed by atoms with Gasteiger partial charge in [0.05, 0.1) is 12.2 Å². The fraction of sp³-hybridized carbons (Fsp3) is 0.348. The molecule has 0 aliphatic heterocycles. The van der Waals surface area contributed by atoms with Crippen molar-refractivity contribution < 1.29 is 0 Å². The van der Waals surface area contributed by atoms with Gasteiger partial charge < -0.3 is 10.6 Å². The van der Waals surface area contributed by atoms with Gasteiger partial charge in [-0.2, -0.15) is 5.10 Å². The first-order valence-electron chi connectivity index (χ1n) is 10.3. The molecule has 2 N–H and O–H groups in total. The van der Waals surface area contributed by atoms with E-state index in [9.17, 15) is 0 Å². The minimum Gasteiger partial charge on any atom is -0.357 e. The first-order valence-corrected chi connectivity index (χ1v) is 10.3. The summed E-state index contributed by atoms with van der Waals surface area (Å²) < 4.78 is 1.75. The molecule has 0 amide bonds. The molecule has 0 bridgehead atoms. The molecule has 1 saturated carbocycles. The number of benzene rings is 2. The Kier molecular flexibility index (Phi) is 5.89. The first kappa shape index (κ1) is 19.2. The summed E-state index contributed by atoms with van der Waals surface area (Å²) in [6.45, 7) is 4.48. The quantitative estimate of drug-likeness (QED) is 0.481. The van der Waals surface area contributed by atoms with Crippen molar-refractivity contribution in [2.24, 2.45) is 4.99 Å². The number of nitrogens with one attached hydrogen (secondary N) is 2. The Hall–Kier alpha value is -3.15. The second kappa shape index (κ2) is 8.90. The van der Waals surface area contributed by atoms with Crippen molar-refractivity contribution in [3.05, 3.63) is 78.4 Å². The Morgan fingerprint density at radius 3 is 2.48 bits per heavy atom. The van der Waals surface area contributed by atoms with Crippen molar-refractivity contribution in [2.75, 3.05) is 13.1 Å². The van der Waals surface area contributed by atoms with Crippen molar-refractivity contribution in [3.63, 3.8) is 0 Å². The molecule has 1 heterocycles. The number of aliphatic imine (C=N–C) groups is 1. The molecule has 29 heavy (non-hydrogen) atoms. The molecule has 1 aliphatic rings. The standard InChI is InChI=1S/C23H28N6/c1-2-25-22(27-16-23(13-6-14-23)20-7-4-3-5-8-20)26-15-19-9-11-21(12-10-19)29-18-24-17-28-29/h3-5,7-12,17-18H,2,6,13-16H2,1H3,(H2,25,26,27). The van der Waals surface area contributed by atoms with Crippen molar-refractivity contribution in [1.29, 1.82) is 0 Å². The molecule has 1 aromatic heterocycles. The Morgan fingerprint density at radius 1 is 1.07 bits per heavy atom. The van der Waals surface area contributed by atoms with Crippen LogP contribution in [0.3, 0.4) is 0 Å². The maximum absolute atomic E-state index is 4.79. The van der Waals surface area contributed by atoms with E-state index in [2.05, 4.69) is 70.1 Å². The van der Waals surface area contributed by atoms with Gasteiger partial charge in [-0.15, -0.1) is 0 Å². The molecule has 0 atom stereocenters. The van der Waals surface area contributed by atoms with E-state index in [1.807, 2.05) is 12.1 Å². The fourth-order valence-corrected chi connectivity index (χ4v) is 3.82. The summed E-state index contributed by atoms with van der Waals surface area (Å²) in [6.07, 6.45) is 6.99. The van der Waals surface area contributed by atoms with Crippen LogP contribution >= 0.6 is 0 Å². The minimum absolute atomic E-state index is 0.233. The van der Waals surface area contributed by atoms with Gasteiger partial charge in [-0.3, -0.25) is 0 Å². The van der Waals surface area contributed by atoms with Crippen LogP contribution in [0.4, 0.5) is 0 Å². The van der Waals surface area contributed by atoms with Gasteiger partial charge in [-0.1, -0.05) is 48.9 Å². The third-order valence-electron chi connectivity index (χ3n) is 5.67. The molecule has 0 radical (unpaired) electrons. The van der Waals surface area contributed by atoms with Gasteiger partial charge in [0, 0.05) is 18.5 Å². The number of hydrogen-bond acceptors (Lipinski definition) is 3. The smallest absolute Gasteiger partial charge is 0.191 e. The number of nitrogens with zero attached hydrogens (tertiary/aromatic N) is 4. The molecule has 0 unspecified atom stereocenters. The van der Waals surface area contributed by atoms with Gasteiger partial charge in [0.15, 0.2) is 5.96 Å². The van der Waals surface area contributed by atoms with Crippen LogP contribution in [0, 0.1) is 0 Å². The van der Waals surface area contributed by atoms with E-state index < -0.39 is 0 Å². The van der Waals surface area contributed by atoms with Crippen LogP contribution in [0.1, 0.15) is 37.3 Å². The van der Waals surface area contributed by atoms with Crippen LogP contribution < -0.4 is 10.6 Å². The highest BCUT2D eigenvalue weighted by Gasteiger charge is 2.38. The van der Waals surface area contributed by atoms with E-state index in [4.69, 9.17) is 4.99 Å². The lowest BCUT2D eigenvalue weighted by Gasteiger charge is -2.43. The lowest BCUT2D eigenvalue weighted by Crippen LogP contribution is -2.48. The van der Waals surface area contributed by atoms with Crippen LogP contribution in [0.15, 0.2) is 72.2 Å². The molecule has 6 heteroatoms. The lowest BCUT2D eigenvalue weighted by molar-refractivity contribution is 0.244. The number of guanidine groups is 1. The van der Waals surface area contributed by atoms with E-state index in [1.165, 1.54) is 31.2 Å². The molecule has 3 aromatic rings. The molecular formula is C23H28N6. The zero-order valence-corrected chi connectivity index (χ0v) is 16.9. The Balaban J connectivity index is 1.40. The highest BCUT2D eigenvalue weighted by molar-refractivity contribution is 5.79. The second-order valence-corrected chi connectivity index (χ2v) is 7.56. The van der Waals surface area contributed by atoms with E-state index in [0.29, 0.717) is 6.54 Å². The Morgan fingerprint density at radius 2 is 1.86 bits per heavy atom. The van der Waals surface area contributed by atoms with Crippen molar-refractivity contribution in [3.8, 4) is 5.69 Å². The average Bonchev–Trinajstić information content (AvgIpc) is 3.27. The van der Waals surface area contributed by atoms with Gasteiger partial charge >= 0.3 is 0 Å². The monoisotopic (exact) mass is 388 g/mol. The maximum atomic E-state index is 4.79. The van der Waals surface area contributed by atoms with Gasteiger partial charge in [0.2, 0.25) is 0 Å². The highest BCUT2D eigenvalue weighted by atomic mass is 15.3. The predicted octanol–water partition coefficient (Wildman–Crippen LogP) is 3.44. The summed E-state index contributed by atoms with van der Waals surface area (Å²) >= 11 is 0. The number of aromatic nitrogens is 3. The van der Waals surface area contributed by atoms with E-state index in [0.717, 1.165) is 30.3 Å². The third-order valence-corrected chi connectivity index (χ3v) is 5.67. The fourth-order valence-electron chi connectivity index (χ4n) is 3.82. The summed E-state index contributed by atoms with van der Waals surface area (Å²) in [5.41, 5.74) is 3.82. The number of hydrogen-bond donors (Lipinski definition) is 2. The van der Waals surface area contributed by atoms with Crippen LogP contribution in [0.5, 0.6) is 0 Å². The van der Waals surface area contributed by atoms with E-state index >= 15 is 0 Å². The van der Waals surface area contributed by atoms with Crippen molar-refractivity contribution >= 4 is 5.96 Å². The SMILES string of the molecule is CCNC(=NCc1ccc(-n2cncn2)cc1)NCC1(c2ccccc2)CCC1. The molecular weight excluding hydrogens is 360 g/mol.